The van der Waals surface area contributed by atoms with Gasteiger partial charge < -0.3 is 8.60 Å². The van der Waals surface area contributed by atoms with Crippen LogP contribution in [0.25, 0.3) is 0 Å². The van der Waals surface area contributed by atoms with E-state index in [4.69, 9.17) is 8.60 Å². The Kier molecular flexibility index (Phi) is 10.6. The summed E-state index contributed by atoms with van der Waals surface area (Å²) >= 11 is 4.72. The minimum absolute atomic E-state index is 0.0658. The first-order valence-electron chi connectivity index (χ1n) is 11.5. The highest BCUT2D eigenvalue weighted by Gasteiger charge is 2.90. The maximum atomic E-state index is 13.9. The Morgan fingerprint density at radius 2 is 1.40 bits per heavy atom. The van der Waals surface area contributed by atoms with Crippen molar-refractivity contribution in [1.29, 1.82) is 0 Å². The number of benzene rings is 1. The highest BCUT2D eigenvalue weighted by molar-refractivity contribution is 7.98. The molecule has 0 aliphatic rings. The van der Waals surface area contributed by atoms with E-state index in [0.29, 0.717) is 11.1 Å². The van der Waals surface area contributed by atoms with Crippen molar-refractivity contribution in [3.05, 3.63) is 39.6 Å². The molecule has 1 aromatic heterocycles. The number of aromatic nitrogens is 2. The quantitative estimate of drug-likeness (QED) is 0.137. The van der Waals surface area contributed by atoms with Crippen LogP contribution in [0.5, 0.6) is 5.75 Å². The largest absolute Gasteiger partial charge is 0.460 e. The first-order chi connectivity index (χ1) is 20.0. The lowest BCUT2D eigenvalue weighted by Gasteiger charge is -2.39. The Morgan fingerprint density at radius 1 is 0.911 bits per heavy atom. The van der Waals surface area contributed by atoms with Gasteiger partial charge in [0.2, 0.25) is 5.89 Å². The number of amides is 1. The molecule has 0 saturated heterocycles. The monoisotopic (exact) mass is 735 g/mol. The van der Waals surface area contributed by atoms with Crippen LogP contribution in [0, 0.1) is 25.6 Å². The summed E-state index contributed by atoms with van der Waals surface area (Å²) < 4.78 is 207. The first kappa shape index (κ1) is 38.4. The van der Waals surface area contributed by atoms with Gasteiger partial charge in [-0.3, -0.25) is 0 Å². The Labute approximate surface area is 253 Å². The maximum Gasteiger partial charge on any atom is 0.460 e. The van der Waals surface area contributed by atoms with Crippen molar-refractivity contribution in [3.63, 3.8) is 0 Å². The third kappa shape index (κ3) is 7.46. The standard InChI is InChI=1S/C21H18F13N3O5S3/c1-9-6-10(2)13(11(3)7-9)42-45(39,40)36-14(38)37-15(43)41-12(35-37)8-44-5-4-16(22,23)17(24,25)18(26,27)19(28,29)20(30,31)21(32,33)34/h6-7H,4-5,8H2,1-3H3,(H,36,38). The van der Waals surface area contributed by atoms with Crippen LogP contribution in [0.2, 0.25) is 0 Å². The van der Waals surface area contributed by atoms with Gasteiger partial charge >= 0.3 is 52.1 Å². The van der Waals surface area contributed by atoms with Crippen LogP contribution in [0.15, 0.2) is 16.5 Å². The summed E-state index contributed by atoms with van der Waals surface area (Å²) in [5, 5.41) is 3.40. The number of carbonyl (C=O) groups excluding carboxylic acids is 1. The number of nitrogens with one attached hydrogen (secondary N) is 1. The van der Waals surface area contributed by atoms with Crippen molar-refractivity contribution in [2.75, 3.05) is 5.75 Å². The number of aryl methyl sites for hydroxylation is 3. The second kappa shape index (κ2) is 12.4. The molecule has 0 saturated carbocycles. The molecule has 1 N–H and O–H groups in total. The number of hydrogen-bond donors (Lipinski definition) is 1. The smallest absolute Gasteiger partial charge is 0.413 e. The molecule has 2 rings (SSSR count). The fourth-order valence-electron chi connectivity index (χ4n) is 3.40. The summed E-state index contributed by atoms with van der Waals surface area (Å²) in [4.78, 5) is 11.5. The van der Waals surface area contributed by atoms with E-state index in [0.717, 1.165) is 5.56 Å². The fraction of sp³-hybridized carbons (Fsp3) is 0.571. The van der Waals surface area contributed by atoms with Crippen LogP contribution in [-0.2, 0) is 16.1 Å². The van der Waals surface area contributed by atoms with Gasteiger partial charge in [-0.25, -0.2) is 4.79 Å². The molecule has 0 aliphatic carbocycles. The number of alkyl halides is 13. The number of rotatable bonds is 12. The van der Waals surface area contributed by atoms with E-state index in [2.05, 4.69) is 17.3 Å². The predicted molar refractivity (Wildman–Crippen MR) is 131 cm³/mol. The van der Waals surface area contributed by atoms with E-state index in [1.807, 2.05) is 0 Å². The van der Waals surface area contributed by atoms with E-state index in [1.54, 1.807) is 19.1 Å². The topological polar surface area (TPSA) is 103 Å². The lowest BCUT2D eigenvalue weighted by atomic mass is 9.93. The van der Waals surface area contributed by atoms with Crippen molar-refractivity contribution in [1.82, 2.24) is 14.5 Å². The van der Waals surface area contributed by atoms with Crippen LogP contribution < -0.4 is 8.91 Å². The zero-order chi connectivity index (χ0) is 35.2. The van der Waals surface area contributed by atoms with E-state index in [-0.39, 0.29) is 22.2 Å². The molecule has 0 fully saturated rings. The molecule has 1 aromatic carbocycles. The van der Waals surface area contributed by atoms with Crippen molar-refractivity contribution in [2.24, 2.45) is 0 Å². The predicted octanol–water partition coefficient (Wildman–Crippen LogP) is 7.37. The SMILES string of the molecule is Cc1cc(C)c(OS(=O)(=O)NC(=O)n2nc(CSCCC(F)(F)C(F)(F)C(F)(F)C(F)(F)C(F)(F)C(F)(F)F)oc2=S)c(C)c1. The first-order valence-corrected chi connectivity index (χ1v) is 14.5. The van der Waals surface area contributed by atoms with Crippen molar-refractivity contribution in [3.8, 4) is 5.75 Å². The average molecular weight is 736 g/mol. The second-order valence-corrected chi connectivity index (χ2v) is 11.9. The second-order valence-electron chi connectivity index (χ2n) is 9.15. The molecule has 45 heavy (non-hydrogen) atoms. The summed E-state index contributed by atoms with van der Waals surface area (Å²) in [6, 6.07) is 1.55. The molecule has 0 unspecified atom stereocenters. The van der Waals surface area contributed by atoms with E-state index >= 15 is 0 Å². The molecule has 0 radical (unpaired) electrons. The fourth-order valence-corrected chi connectivity index (χ4v) is 5.28. The van der Waals surface area contributed by atoms with Crippen LogP contribution in [0.3, 0.4) is 0 Å². The van der Waals surface area contributed by atoms with Gasteiger partial charge in [0.1, 0.15) is 5.75 Å². The van der Waals surface area contributed by atoms with Crippen LogP contribution in [0.1, 0.15) is 29.0 Å². The third-order valence-electron chi connectivity index (χ3n) is 5.58. The van der Waals surface area contributed by atoms with Gasteiger partial charge in [0.25, 0.3) is 4.84 Å². The van der Waals surface area contributed by atoms with Gasteiger partial charge in [-0.2, -0.15) is 82.0 Å². The molecule has 0 aliphatic heterocycles. The van der Waals surface area contributed by atoms with Crippen molar-refractivity contribution in [2.45, 2.75) is 68.7 Å². The Hall–Kier alpha value is -2.76. The van der Waals surface area contributed by atoms with Crippen LogP contribution in [-0.4, -0.2) is 65.8 Å². The summed E-state index contributed by atoms with van der Waals surface area (Å²) in [5.41, 5.74) is 1.52. The lowest BCUT2D eigenvalue weighted by molar-refractivity contribution is -0.439. The molecular weight excluding hydrogens is 717 g/mol. The third-order valence-corrected chi connectivity index (χ3v) is 7.59. The summed E-state index contributed by atoms with van der Waals surface area (Å²) in [5.74, 6) is -40.4. The molecule has 256 valence electrons. The average Bonchev–Trinajstić information content (AvgIpc) is 3.23. The molecule has 8 nitrogen and oxygen atoms in total. The molecule has 2 aromatic rings. The number of halogens is 13. The van der Waals surface area contributed by atoms with Crippen molar-refractivity contribution >= 4 is 40.3 Å². The van der Waals surface area contributed by atoms with E-state index < -0.39 is 80.8 Å². The minimum Gasteiger partial charge on any atom is -0.413 e. The molecule has 0 bridgehead atoms. The van der Waals surface area contributed by atoms with Crippen LogP contribution in [0.4, 0.5) is 61.9 Å². The number of hydrogen-bond acceptors (Lipinski definition) is 8. The Balaban J connectivity index is 2.10. The molecule has 24 heteroatoms. The van der Waals surface area contributed by atoms with Gasteiger partial charge in [0.05, 0.1) is 5.75 Å². The highest BCUT2D eigenvalue weighted by atomic mass is 32.2. The van der Waals surface area contributed by atoms with E-state index in [9.17, 15) is 70.3 Å². The normalized spacial score (nSPS) is 14.0. The Bertz CT molecular complexity index is 1570. The minimum atomic E-state index is -8.00. The van der Waals surface area contributed by atoms with Crippen molar-refractivity contribution < 1.29 is 78.9 Å². The maximum absolute atomic E-state index is 13.9. The molecule has 1 heterocycles. The van der Waals surface area contributed by atoms with E-state index in [1.165, 1.54) is 18.6 Å². The van der Waals surface area contributed by atoms with Gasteiger partial charge in [-0.1, -0.05) is 17.7 Å². The highest BCUT2D eigenvalue weighted by Crippen LogP contribution is 2.60. The summed E-state index contributed by atoms with van der Waals surface area (Å²) in [6.45, 7) is 4.73. The summed E-state index contributed by atoms with van der Waals surface area (Å²) in [7, 11) is -4.87. The summed E-state index contributed by atoms with van der Waals surface area (Å²) in [6.07, 6.45) is -9.98. The van der Waals surface area contributed by atoms with Gasteiger partial charge in [-0.15, -0.1) is 9.78 Å². The Morgan fingerprint density at radius 3 is 1.89 bits per heavy atom. The van der Waals surface area contributed by atoms with Gasteiger partial charge in [0, 0.05) is 6.42 Å². The zero-order valence-corrected chi connectivity index (χ0v) is 24.8. The van der Waals surface area contributed by atoms with Gasteiger partial charge in [0.15, 0.2) is 0 Å². The number of thioether (sulfide) groups is 1. The number of carbonyl (C=O) groups is 1. The molecule has 0 spiro atoms. The van der Waals surface area contributed by atoms with Gasteiger partial charge in [-0.05, 0) is 49.9 Å². The zero-order valence-electron chi connectivity index (χ0n) is 22.3. The lowest BCUT2D eigenvalue weighted by Crippen LogP contribution is -2.70. The van der Waals surface area contributed by atoms with Crippen LogP contribution >= 0.6 is 24.0 Å². The number of nitrogens with zero attached hydrogens (tertiary/aromatic N) is 2. The molecule has 1 amide bonds. The molecular formula is C21H18F13N3O5S3. The molecule has 0 atom stereocenters.